The number of urea groups is 2. The van der Waals surface area contributed by atoms with Crippen LogP contribution < -0.4 is 11.2 Å². The fourth-order valence-corrected chi connectivity index (χ4v) is 2.99. The van der Waals surface area contributed by atoms with E-state index in [0.717, 1.165) is 5.01 Å². The first-order valence-corrected chi connectivity index (χ1v) is 6.53. The predicted molar refractivity (Wildman–Crippen MR) is 71.8 cm³/mol. The summed E-state index contributed by atoms with van der Waals surface area (Å²) in [6, 6.07) is -3.05. The molecule has 1 heterocycles. The minimum absolute atomic E-state index is 0.662. The molecule has 22 heavy (non-hydrogen) atoms. The summed E-state index contributed by atoms with van der Waals surface area (Å²) < 4.78 is 0. The molecule has 1 saturated heterocycles. The molecule has 0 aromatic heterocycles. The maximum Gasteiger partial charge on any atom is 0.341 e. The first-order valence-electron chi connectivity index (χ1n) is 6.53. The van der Waals surface area contributed by atoms with Gasteiger partial charge in [-0.05, 0) is 6.92 Å². The van der Waals surface area contributed by atoms with E-state index in [2.05, 4.69) is 0 Å². The first kappa shape index (κ1) is 18.4. The molecule has 1 rings (SSSR count). The van der Waals surface area contributed by atoms with Gasteiger partial charge in [-0.1, -0.05) is 0 Å². The molecule has 1 atom stereocenters. The van der Waals surface area contributed by atoms with E-state index in [4.69, 9.17) is 5.73 Å². The van der Waals surface area contributed by atoms with Crippen molar-refractivity contribution in [3.8, 4) is 0 Å². The molecule has 1 fully saturated rings. The second kappa shape index (κ2) is 6.62. The summed E-state index contributed by atoms with van der Waals surface area (Å²) in [4.78, 5) is 24.1. The van der Waals surface area contributed by atoms with Crippen LogP contribution >= 0.6 is 0 Å². The van der Waals surface area contributed by atoms with Gasteiger partial charge in [0.1, 0.15) is 12.3 Å². The number of nitrogens with two attached hydrogens (primary N) is 1. The molecule has 1 aliphatic rings. The molecule has 128 valence electrons. The molecule has 0 spiro atoms. The molecule has 1 unspecified atom stereocenters. The van der Waals surface area contributed by atoms with E-state index >= 15 is 0 Å². The highest BCUT2D eigenvalue weighted by Gasteiger charge is 2.64. The molecule has 1 aliphatic heterocycles. The van der Waals surface area contributed by atoms with Gasteiger partial charge in [0.25, 0.3) is 0 Å². The molecule has 0 radical (unpaired) electrons. The lowest BCUT2D eigenvalue weighted by molar-refractivity contribution is -0.194. The monoisotopic (exact) mass is 322 g/mol. The molecule has 8 N–H and O–H groups in total. The Morgan fingerprint density at radius 2 is 1.68 bits per heavy atom. The van der Waals surface area contributed by atoms with Crippen molar-refractivity contribution in [3.63, 3.8) is 0 Å². The van der Waals surface area contributed by atoms with Crippen LogP contribution in [0.25, 0.3) is 0 Å². The third-order valence-electron chi connectivity index (χ3n) is 4.53. The molecule has 0 aromatic carbocycles. The van der Waals surface area contributed by atoms with E-state index in [1.807, 2.05) is 5.43 Å². The van der Waals surface area contributed by atoms with Gasteiger partial charge in [0.2, 0.25) is 0 Å². The number of nitrogens with zero attached hydrogens (tertiary/aromatic N) is 2. The number of hydrogen-bond donors (Lipinski definition) is 7. The number of rotatable bonds is 6. The van der Waals surface area contributed by atoms with Crippen molar-refractivity contribution in [1.82, 2.24) is 15.3 Å². The van der Waals surface area contributed by atoms with Crippen LogP contribution in [0.5, 0.6) is 0 Å². The minimum Gasteiger partial charge on any atom is -0.396 e. The van der Waals surface area contributed by atoms with Crippen LogP contribution in [0.4, 0.5) is 9.59 Å². The van der Waals surface area contributed by atoms with Gasteiger partial charge >= 0.3 is 12.1 Å². The Morgan fingerprint density at radius 1 is 1.18 bits per heavy atom. The number of hydrazine groups is 1. The Bertz CT molecular complexity index is 425. The van der Waals surface area contributed by atoms with Gasteiger partial charge in [0.15, 0.2) is 0 Å². The van der Waals surface area contributed by atoms with Crippen LogP contribution in [-0.4, -0.2) is 92.2 Å². The van der Waals surface area contributed by atoms with E-state index in [0.29, 0.717) is 4.90 Å². The van der Waals surface area contributed by atoms with Gasteiger partial charge in [0, 0.05) is 0 Å². The highest BCUT2D eigenvalue weighted by molar-refractivity contribution is 5.81. The summed E-state index contributed by atoms with van der Waals surface area (Å²) in [5, 5.41) is 49.2. The third-order valence-corrected chi connectivity index (χ3v) is 4.53. The number of amides is 4. The number of primary amides is 1. The molecular weight excluding hydrogens is 300 g/mol. The normalized spacial score (nSPS) is 23.5. The van der Waals surface area contributed by atoms with Gasteiger partial charge in [0.05, 0.1) is 37.9 Å². The third kappa shape index (κ3) is 2.27. The molecular formula is C11H22N4O7. The number of carbonyl (C=O) groups excluding carboxylic acids is 2. The highest BCUT2D eigenvalue weighted by Crippen LogP contribution is 2.44. The summed E-state index contributed by atoms with van der Waals surface area (Å²) in [5.41, 5.74) is 3.55. The van der Waals surface area contributed by atoms with Gasteiger partial charge in [-0.2, -0.15) is 0 Å². The summed E-state index contributed by atoms with van der Waals surface area (Å²) >= 11 is 0. The van der Waals surface area contributed by atoms with Crippen LogP contribution in [0, 0.1) is 5.41 Å². The highest BCUT2D eigenvalue weighted by atomic mass is 16.3. The summed E-state index contributed by atoms with van der Waals surface area (Å²) in [7, 11) is 0. The predicted octanol–water partition coefficient (Wildman–Crippen LogP) is -3.66. The van der Waals surface area contributed by atoms with Gasteiger partial charge in [-0.25, -0.2) is 20.0 Å². The maximum absolute atomic E-state index is 12.4. The van der Waals surface area contributed by atoms with Crippen LogP contribution in [0.1, 0.15) is 6.92 Å². The zero-order valence-corrected chi connectivity index (χ0v) is 12.1. The van der Waals surface area contributed by atoms with Crippen molar-refractivity contribution in [3.05, 3.63) is 0 Å². The Morgan fingerprint density at radius 3 is 2.00 bits per heavy atom. The number of aliphatic hydroxyl groups is 5. The average Bonchev–Trinajstić information content (AvgIpc) is 2.51. The number of hydrogen-bond acceptors (Lipinski definition) is 7. The summed E-state index contributed by atoms with van der Waals surface area (Å²) in [5.74, 6) is 0. The van der Waals surface area contributed by atoms with E-state index in [9.17, 15) is 35.1 Å². The van der Waals surface area contributed by atoms with Crippen molar-refractivity contribution in [1.29, 1.82) is 0 Å². The molecule has 11 nitrogen and oxygen atoms in total. The molecule has 0 saturated carbocycles. The Balaban J connectivity index is 3.52. The zero-order chi connectivity index (χ0) is 17.1. The largest absolute Gasteiger partial charge is 0.396 e. The molecule has 11 heteroatoms. The van der Waals surface area contributed by atoms with Crippen molar-refractivity contribution < 1.29 is 35.1 Å². The lowest BCUT2D eigenvalue weighted by atomic mass is 9.64. The SMILES string of the molecule is CC1N(NC(N)=O)C(=O)N(CO)C(CO)(CO)C1(CO)CO. The van der Waals surface area contributed by atoms with Crippen molar-refractivity contribution in [2.24, 2.45) is 11.1 Å². The van der Waals surface area contributed by atoms with Crippen LogP contribution in [-0.2, 0) is 0 Å². The molecule has 0 aromatic rings. The van der Waals surface area contributed by atoms with Crippen LogP contribution in [0.2, 0.25) is 0 Å². The van der Waals surface area contributed by atoms with E-state index in [-0.39, 0.29) is 0 Å². The smallest absolute Gasteiger partial charge is 0.341 e. The Labute approximate surface area is 126 Å². The Kier molecular flexibility index (Phi) is 5.54. The number of carbonyl (C=O) groups is 2. The first-order chi connectivity index (χ1) is 10.3. The zero-order valence-electron chi connectivity index (χ0n) is 12.1. The fourth-order valence-electron chi connectivity index (χ4n) is 2.99. The van der Waals surface area contributed by atoms with Crippen molar-refractivity contribution in [2.45, 2.75) is 18.5 Å². The van der Waals surface area contributed by atoms with Crippen LogP contribution in [0.3, 0.4) is 0 Å². The molecule has 4 amide bonds. The number of aliphatic hydroxyl groups excluding tert-OH is 5. The fraction of sp³-hybridized carbons (Fsp3) is 0.818. The van der Waals surface area contributed by atoms with Gasteiger partial charge in [-0.3, -0.25) is 4.90 Å². The van der Waals surface area contributed by atoms with Crippen molar-refractivity contribution in [2.75, 3.05) is 33.2 Å². The summed E-state index contributed by atoms with van der Waals surface area (Å²) in [6.07, 6.45) is 0. The van der Waals surface area contributed by atoms with Crippen molar-refractivity contribution >= 4 is 12.1 Å². The standard InChI is InChI=1S/C11H22N4O7/c1-7-10(2-16,3-17)11(4-18,5-19)14(6-20)9(22)15(7)13-8(12)21/h7,16-20H,2-6H2,1H3,(H3,12,13,21). The summed E-state index contributed by atoms with van der Waals surface area (Å²) in [6.45, 7) is -2.67. The van der Waals surface area contributed by atoms with Gasteiger partial charge < -0.3 is 31.3 Å². The lowest BCUT2D eigenvalue weighted by Gasteiger charge is -2.60. The lowest BCUT2D eigenvalue weighted by Crippen LogP contribution is -2.81. The second-order valence-corrected chi connectivity index (χ2v) is 5.19. The topological polar surface area (TPSA) is 180 Å². The maximum atomic E-state index is 12.4. The Hall–Kier alpha value is -1.66. The van der Waals surface area contributed by atoms with E-state index < -0.39 is 62.2 Å². The average molecular weight is 322 g/mol. The molecule has 0 bridgehead atoms. The van der Waals surface area contributed by atoms with Crippen LogP contribution in [0.15, 0.2) is 0 Å². The quantitative estimate of drug-likeness (QED) is 0.263. The number of nitrogens with one attached hydrogen (secondary N) is 1. The molecule has 0 aliphatic carbocycles. The second-order valence-electron chi connectivity index (χ2n) is 5.19. The van der Waals surface area contributed by atoms with Gasteiger partial charge in [-0.15, -0.1) is 0 Å². The minimum atomic E-state index is -1.84. The van der Waals surface area contributed by atoms with E-state index in [1.54, 1.807) is 0 Å². The van der Waals surface area contributed by atoms with E-state index in [1.165, 1.54) is 6.92 Å².